The van der Waals surface area contributed by atoms with E-state index in [4.69, 9.17) is 0 Å². The average Bonchev–Trinajstić information content (AvgIpc) is 2.92. The van der Waals surface area contributed by atoms with Gasteiger partial charge in [0.1, 0.15) is 0 Å². The number of aryl methyl sites for hydroxylation is 2. The molecule has 0 saturated heterocycles. The largest absolute Gasteiger partial charge is 0.311 e. The molecule has 0 bridgehead atoms. The van der Waals surface area contributed by atoms with E-state index in [1.807, 2.05) is 0 Å². The molecule has 1 aliphatic carbocycles. The van der Waals surface area contributed by atoms with Crippen LogP contribution in [0, 0.1) is 13.8 Å². The second kappa shape index (κ2) is 7.06. The van der Waals surface area contributed by atoms with Gasteiger partial charge in [-0.3, -0.25) is 0 Å². The highest BCUT2D eigenvalue weighted by Gasteiger charge is 2.18. The molecule has 0 aliphatic heterocycles. The molecule has 1 saturated carbocycles. The normalized spacial score (nSPS) is 16.4. The fourth-order valence-corrected chi connectivity index (χ4v) is 3.00. The molecule has 2 rings (SSSR count). The molecule has 0 spiro atoms. The Hall–Kier alpha value is -0.860. The van der Waals surface area contributed by atoms with E-state index in [9.17, 15) is 0 Å². The van der Waals surface area contributed by atoms with Gasteiger partial charge in [-0.25, -0.2) is 0 Å². The maximum absolute atomic E-state index is 3.58. The molecule has 0 radical (unpaired) electrons. The standard InChI is InChI=1S/C17H28N2/c1-14-8-9-15(2)16(12-14)13-18-10-11-19(3)17-6-4-5-7-17/h8-9,12,17-18H,4-7,10-11,13H2,1-3H3. The number of rotatable bonds is 6. The predicted molar refractivity (Wildman–Crippen MR) is 82.5 cm³/mol. The Morgan fingerprint density at radius 3 is 2.68 bits per heavy atom. The van der Waals surface area contributed by atoms with Crippen LogP contribution < -0.4 is 5.32 Å². The third kappa shape index (κ3) is 4.32. The molecule has 1 aromatic carbocycles. The third-order valence-corrected chi connectivity index (χ3v) is 4.41. The fraction of sp³-hybridized carbons (Fsp3) is 0.647. The maximum Gasteiger partial charge on any atom is 0.0208 e. The molecule has 1 N–H and O–H groups in total. The summed E-state index contributed by atoms with van der Waals surface area (Å²) >= 11 is 0. The van der Waals surface area contributed by atoms with Gasteiger partial charge in [-0.15, -0.1) is 0 Å². The Bertz CT molecular complexity index is 394. The first kappa shape index (κ1) is 14.5. The zero-order chi connectivity index (χ0) is 13.7. The minimum absolute atomic E-state index is 0.836. The minimum Gasteiger partial charge on any atom is -0.311 e. The molecule has 106 valence electrons. The Labute approximate surface area is 118 Å². The van der Waals surface area contributed by atoms with Crippen molar-refractivity contribution in [2.24, 2.45) is 0 Å². The Morgan fingerprint density at radius 1 is 1.21 bits per heavy atom. The van der Waals surface area contributed by atoms with Crippen LogP contribution in [0.15, 0.2) is 18.2 Å². The van der Waals surface area contributed by atoms with Crippen LogP contribution >= 0.6 is 0 Å². The summed E-state index contributed by atoms with van der Waals surface area (Å²) in [5.41, 5.74) is 4.18. The number of nitrogens with one attached hydrogen (secondary N) is 1. The van der Waals surface area contributed by atoms with Gasteiger partial charge in [-0.2, -0.15) is 0 Å². The lowest BCUT2D eigenvalue weighted by Gasteiger charge is -2.24. The van der Waals surface area contributed by atoms with E-state index >= 15 is 0 Å². The zero-order valence-electron chi connectivity index (χ0n) is 12.7. The monoisotopic (exact) mass is 260 g/mol. The van der Waals surface area contributed by atoms with Gasteiger partial charge >= 0.3 is 0 Å². The summed E-state index contributed by atoms with van der Waals surface area (Å²) < 4.78 is 0. The number of hydrogen-bond donors (Lipinski definition) is 1. The van der Waals surface area contributed by atoms with Crippen LogP contribution in [-0.4, -0.2) is 31.1 Å². The van der Waals surface area contributed by atoms with Crippen molar-refractivity contribution in [3.63, 3.8) is 0 Å². The summed E-state index contributed by atoms with van der Waals surface area (Å²) in [5, 5.41) is 3.58. The van der Waals surface area contributed by atoms with Gasteiger partial charge in [0, 0.05) is 25.7 Å². The summed E-state index contributed by atoms with van der Waals surface area (Å²) in [6.45, 7) is 7.60. The van der Waals surface area contributed by atoms with Crippen LogP contribution in [0.2, 0.25) is 0 Å². The van der Waals surface area contributed by atoms with E-state index in [-0.39, 0.29) is 0 Å². The van der Waals surface area contributed by atoms with Crippen LogP contribution in [-0.2, 0) is 6.54 Å². The van der Waals surface area contributed by atoms with Gasteiger partial charge in [0.05, 0.1) is 0 Å². The van der Waals surface area contributed by atoms with Gasteiger partial charge < -0.3 is 10.2 Å². The second-order valence-electron chi connectivity index (χ2n) is 6.03. The Balaban J connectivity index is 1.70. The van der Waals surface area contributed by atoms with Crippen molar-refractivity contribution in [2.75, 3.05) is 20.1 Å². The zero-order valence-corrected chi connectivity index (χ0v) is 12.7. The smallest absolute Gasteiger partial charge is 0.0208 e. The summed E-state index contributed by atoms with van der Waals surface area (Å²) in [7, 11) is 2.27. The van der Waals surface area contributed by atoms with Crippen molar-refractivity contribution in [1.82, 2.24) is 10.2 Å². The minimum atomic E-state index is 0.836. The van der Waals surface area contributed by atoms with E-state index in [0.29, 0.717) is 0 Å². The second-order valence-corrected chi connectivity index (χ2v) is 6.03. The van der Waals surface area contributed by atoms with Crippen molar-refractivity contribution in [1.29, 1.82) is 0 Å². The number of hydrogen-bond acceptors (Lipinski definition) is 2. The molecular weight excluding hydrogens is 232 g/mol. The highest BCUT2D eigenvalue weighted by atomic mass is 15.1. The first-order valence-corrected chi connectivity index (χ1v) is 7.64. The molecule has 0 unspecified atom stereocenters. The topological polar surface area (TPSA) is 15.3 Å². The predicted octanol–water partition coefficient (Wildman–Crippen LogP) is 3.27. The van der Waals surface area contributed by atoms with Crippen LogP contribution in [0.3, 0.4) is 0 Å². The maximum atomic E-state index is 3.58. The van der Waals surface area contributed by atoms with E-state index in [1.54, 1.807) is 0 Å². The quantitative estimate of drug-likeness (QED) is 0.790. The van der Waals surface area contributed by atoms with Gasteiger partial charge in [0.25, 0.3) is 0 Å². The molecule has 2 heteroatoms. The molecule has 19 heavy (non-hydrogen) atoms. The highest BCUT2D eigenvalue weighted by molar-refractivity contribution is 5.30. The summed E-state index contributed by atoms with van der Waals surface area (Å²) in [6.07, 6.45) is 5.64. The van der Waals surface area contributed by atoms with E-state index in [0.717, 1.165) is 25.7 Å². The lowest BCUT2D eigenvalue weighted by atomic mass is 10.1. The van der Waals surface area contributed by atoms with E-state index in [1.165, 1.54) is 42.4 Å². The highest BCUT2D eigenvalue weighted by Crippen LogP contribution is 2.21. The molecular formula is C17H28N2. The van der Waals surface area contributed by atoms with Gasteiger partial charge in [-0.1, -0.05) is 36.6 Å². The molecule has 0 heterocycles. The van der Waals surface area contributed by atoms with Crippen LogP contribution in [0.25, 0.3) is 0 Å². The first-order valence-electron chi connectivity index (χ1n) is 7.64. The third-order valence-electron chi connectivity index (χ3n) is 4.41. The fourth-order valence-electron chi connectivity index (χ4n) is 3.00. The van der Waals surface area contributed by atoms with E-state index in [2.05, 4.69) is 49.3 Å². The molecule has 1 aromatic rings. The summed E-state index contributed by atoms with van der Waals surface area (Å²) in [5.74, 6) is 0. The van der Waals surface area contributed by atoms with Crippen LogP contribution in [0.1, 0.15) is 42.4 Å². The Kier molecular flexibility index (Phi) is 5.41. The lowest BCUT2D eigenvalue weighted by molar-refractivity contribution is 0.245. The van der Waals surface area contributed by atoms with Crippen molar-refractivity contribution in [3.05, 3.63) is 34.9 Å². The molecule has 1 fully saturated rings. The number of benzene rings is 1. The molecule has 0 atom stereocenters. The summed E-state index contributed by atoms with van der Waals surface area (Å²) in [4.78, 5) is 2.53. The lowest BCUT2D eigenvalue weighted by Crippen LogP contribution is -2.35. The summed E-state index contributed by atoms with van der Waals surface area (Å²) in [6, 6.07) is 7.54. The van der Waals surface area contributed by atoms with Crippen LogP contribution in [0.4, 0.5) is 0 Å². The average molecular weight is 260 g/mol. The van der Waals surface area contributed by atoms with Crippen molar-refractivity contribution in [3.8, 4) is 0 Å². The molecule has 2 nitrogen and oxygen atoms in total. The molecule has 0 amide bonds. The molecule has 1 aliphatic rings. The van der Waals surface area contributed by atoms with Crippen molar-refractivity contribution >= 4 is 0 Å². The van der Waals surface area contributed by atoms with Gasteiger partial charge in [0.15, 0.2) is 0 Å². The van der Waals surface area contributed by atoms with E-state index < -0.39 is 0 Å². The van der Waals surface area contributed by atoms with Crippen LogP contribution in [0.5, 0.6) is 0 Å². The number of likely N-dealkylation sites (N-methyl/N-ethyl adjacent to an activating group) is 1. The van der Waals surface area contributed by atoms with Crippen molar-refractivity contribution in [2.45, 2.75) is 52.1 Å². The van der Waals surface area contributed by atoms with Gasteiger partial charge in [-0.05, 0) is 44.9 Å². The number of nitrogens with zero attached hydrogens (tertiary/aromatic N) is 1. The SMILES string of the molecule is Cc1ccc(C)c(CNCCN(C)C2CCCC2)c1. The molecule has 0 aromatic heterocycles. The van der Waals surface area contributed by atoms with Gasteiger partial charge in [0.2, 0.25) is 0 Å². The first-order chi connectivity index (χ1) is 9.16. The van der Waals surface area contributed by atoms with Crippen molar-refractivity contribution < 1.29 is 0 Å². The Morgan fingerprint density at radius 2 is 1.95 bits per heavy atom.